The van der Waals surface area contributed by atoms with Gasteiger partial charge in [-0.15, -0.1) is 0 Å². The predicted octanol–water partition coefficient (Wildman–Crippen LogP) is 2.88. The van der Waals surface area contributed by atoms with E-state index in [-0.39, 0.29) is 17.9 Å². The Labute approximate surface area is 165 Å². The monoisotopic (exact) mass is 382 g/mol. The Morgan fingerprint density at radius 2 is 2.04 bits per heavy atom. The van der Waals surface area contributed by atoms with Crippen LogP contribution >= 0.6 is 0 Å². The summed E-state index contributed by atoms with van der Waals surface area (Å²) in [5, 5.41) is 0. The topological polar surface area (TPSA) is 63.0 Å². The van der Waals surface area contributed by atoms with Crippen molar-refractivity contribution in [1.82, 2.24) is 9.80 Å². The molecule has 6 heteroatoms. The highest BCUT2D eigenvalue weighted by molar-refractivity contribution is 5.94. The zero-order valence-corrected chi connectivity index (χ0v) is 16.0. The second-order valence-electron chi connectivity index (χ2n) is 7.48. The van der Waals surface area contributed by atoms with Crippen LogP contribution in [0.4, 0.5) is 0 Å². The molecule has 0 bridgehead atoms. The molecule has 0 saturated carbocycles. The van der Waals surface area contributed by atoms with Gasteiger partial charge in [-0.05, 0) is 36.5 Å². The van der Waals surface area contributed by atoms with Gasteiger partial charge in [0, 0.05) is 39.2 Å². The Balaban J connectivity index is 1.38. The molecule has 1 fully saturated rings. The minimum Gasteiger partial charge on any atom is -0.472 e. The van der Waals surface area contributed by atoms with E-state index in [2.05, 4.69) is 12.1 Å². The minimum absolute atomic E-state index is 0.0489. The summed E-state index contributed by atoms with van der Waals surface area (Å²) in [6.07, 6.45) is 6.17. The van der Waals surface area contributed by atoms with Crippen molar-refractivity contribution >= 4 is 11.8 Å². The maximum atomic E-state index is 12.8. The number of amides is 2. The Morgan fingerprint density at radius 1 is 1.18 bits per heavy atom. The molecule has 0 radical (unpaired) electrons. The largest absolute Gasteiger partial charge is 0.472 e. The normalized spacial score (nSPS) is 18.7. The Bertz CT molecular complexity index is 812. The molecule has 1 aromatic carbocycles. The third kappa shape index (κ3) is 4.28. The van der Waals surface area contributed by atoms with Gasteiger partial charge in [0.25, 0.3) is 5.91 Å². The number of benzene rings is 1. The van der Waals surface area contributed by atoms with Crippen molar-refractivity contribution in [3.05, 3.63) is 59.5 Å². The van der Waals surface area contributed by atoms with E-state index in [4.69, 9.17) is 9.15 Å². The third-order valence-electron chi connectivity index (χ3n) is 5.58. The van der Waals surface area contributed by atoms with Crippen molar-refractivity contribution in [1.29, 1.82) is 0 Å². The first-order valence-electron chi connectivity index (χ1n) is 9.98. The molecule has 6 nitrogen and oxygen atoms in total. The summed E-state index contributed by atoms with van der Waals surface area (Å²) < 4.78 is 10.8. The summed E-state index contributed by atoms with van der Waals surface area (Å²) in [5.74, 6) is -0.0205. The molecule has 2 aliphatic heterocycles. The highest BCUT2D eigenvalue weighted by Gasteiger charge is 2.26. The van der Waals surface area contributed by atoms with Crippen molar-refractivity contribution in [3.63, 3.8) is 0 Å². The van der Waals surface area contributed by atoms with E-state index < -0.39 is 0 Å². The number of furan rings is 1. The van der Waals surface area contributed by atoms with Crippen LogP contribution in [0.2, 0.25) is 0 Å². The van der Waals surface area contributed by atoms with Gasteiger partial charge in [0.2, 0.25) is 5.91 Å². The van der Waals surface area contributed by atoms with E-state index in [1.165, 1.54) is 23.7 Å². The second-order valence-corrected chi connectivity index (χ2v) is 7.48. The molecule has 0 aliphatic carbocycles. The van der Waals surface area contributed by atoms with E-state index in [9.17, 15) is 9.59 Å². The lowest BCUT2D eigenvalue weighted by Gasteiger charge is -2.30. The van der Waals surface area contributed by atoms with Crippen molar-refractivity contribution in [3.8, 4) is 0 Å². The van der Waals surface area contributed by atoms with E-state index >= 15 is 0 Å². The number of carbonyl (C=O) groups is 2. The summed E-state index contributed by atoms with van der Waals surface area (Å²) in [6.45, 7) is 3.03. The first-order chi connectivity index (χ1) is 13.7. The van der Waals surface area contributed by atoms with Gasteiger partial charge in [-0.1, -0.05) is 24.3 Å². The van der Waals surface area contributed by atoms with Crippen molar-refractivity contribution in [2.45, 2.75) is 38.3 Å². The van der Waals surface area contributed by atoms with Crippen LogP contribution in [-0.4, -0.2) is 54.0 Å². The minimum atomic E-state index is -0.110. The quantitative estimate of drug-likeness (QED) is 0.771. The number of hydrogen-bond donors (Lipinski definition) is 0. The van der Waals surface area contributed by atoms with Gasteiger partial charge in [-0.25, -0.2) is 0 Å². The standard InChI is InChI=1S/C22H26N2O4/c25-21(23-10-7-17-4-1-2-5-18(17)14-23)8-11-24(15-20-6-3-12-28-20)22(26)19-9-13-27-16-19/h1-2,4-5,9,13,16,20H,3,6-8,10-12,14-15H2. The zero-order chi connectivity index (χ0) is 19.3. The number of ether oxygens (including phenoxy) is 1. The van der Waals surface area contributed by atoms with E-state index in [0.29, 0.717) is 31.6 Å². The molecule has 28 heavy (non-hydrogen) atoms. The van der Waals surface area contributed by atoms with Crippen LogP contribution in [-0.2, 0) is 22.5 Å². The lowest BCUT2D eigenvalue weighted by atomic mass is 10.00. The lowest BCUT2D eigenvalue weighted by Crippen LogP contribution is -2.41. The van der Waals surface area contributed by atoms with Crippen LogP contribution in [0.1, 0.15) is 40.7 Å². The van der Waals surface area contributed by atoms with Crippen LogP contribution < -0.4 is 0 Å². The van der Waals surface area contributed by atoms with Gasteiger partial charge in [0.15, 0.2) is 0 Å². The first-order valence-corrected chi connectivity index (χ1v) is 9.98. The second kappa shape index (κ2) is 8.61. The van der Waals surface area contributed by atoms with E-state index in [1.807, 2.05) is 17.0 Å². The number of carbonyl (C=O) groups excluding carboxylic acids is 2. The molecule has 0 spiro atoms. The van der Waals surface area contributed by atoms with Crippen molar-refractivity contribution in [2.24, 2.45) is 0 Å². The molecule has 2 aromatic rings. The average molecular weight is 382 g/mol. The summed E-state index contributed by atoms with van der Waals surface area (Å²) >= 11 is 0. The summed E-state index contributed by atoms with van der Waals surface area (Å²) in [7, 11) is 0. The molecule has 4 rings (SSSR count). The SMILES string of the molecule is O=C(CCN(CC1CCCO1)C(=O)c1ccoc1)N1CCc2ccccc2C1. The van der Waals surface area contributed by atoms with Crippen LogP contribution in [0, 0.1) is 0 Å². The summed E-state index contributed by atoms with van der Waals surface area (Å²) in [5.41, 5.74) is 3.05. The average Bonchev–Trinajstić information content (AvgIpc) is 3.44. The Kier molecular flexibility index (Phi) is 5.76. The summed E-state index contributed by atoms with van der Waals surface area (Å²) in [4.78, 5) is 29.3. The number of fused-ring (bicyclic) bond motifs is 1. The van der Waals surface area contributed by atoms with E-state index in [1.54, 1.807) is 11.0 Å². The molecule has 1 unspecified atom stereocenters. The van der Waals surface area contributed by atoms with Crippen molar-refractivity contribution in [2.75, 3.05) is 26.2 Å². The van der Waals surface area contributed by atoms with Crippen LogP contribution in [0.5, 0.6) is 0 Å². The third-order valence-corrected chi connectivity index (χ3v) is 5.58. The molecule has 2 amide bonds. The van der Waals surface area contributed by atoms with Crippen LogP contribution in [0.3, 0.4) is 0 Å². The zero-order valence-electron chi connectivity index (χ0n) is 16.0. The molecule has 3 heterocycles. The molecule has 1 atom stereocenters. The number of hydrogen-bond acceptors (Lipinski definition) is 4. The summed E-state index contributed by atoms with van der Waals surface area (Å²) in [6, 6.07) is 9.93. The maximum Gasteiger partial charge on any atom is 0.257 e. The Morgan fingerprint density at radius 3 is 2.79 bits per heavy atom. The van der Waals surface area contributed by atoms with Gasteiger partial charge in [-0.3, -0.25) is 9.59 Å². The number of nitrogens with zero attached hydrogens (tertiary/aromatic N) is 2. The van der Waals surface area contributed by atoms with Gasteiger partial charge in [-0.2, -0.15) is 0 Å². The highest BCUT2D eigenvalue weighted by atomic mass is 16.5. The van der Waals surface area contributed by atoms with Gasteiger partial charge in [0.05, 0.1) is 17.9 Å². The number of rotatable bonds is 6. The smallest absolute Gasteiger partial charge is 0.257 e. The van der Waals surface area contributed by atoms with Crippen molar-refractivity contribution < 1.29 is 18.7 Å². The highest BCUT2D eigenvalue weighted by Crippen LogP contribution is 2.20. The molecule has 2 aliphatic rings. The fourth-order valence-electron chi connectivity index (χ4n) is 3.98. The molecule has 1 saturated heterocycles. The molecular weight excluding hydrogens is 356 g/mol. The van der Waals surface area contributed by atoms with Gasteiger partial charge < -0.3 is 19.0 Å². The van der Waals surface area contributed by atoms with Crippen LogP contribution in [0.15, 0.2) is 47.3 Å². The first kappa shape index (κ1) is 18.7. The van der Waals surface area contributed by atoms with Crippen LogP contribution in [0.25, 0.3) is 0 Å². The van der Waals surface area contributed by atoms with Gasteiger partial charge in [0.1, 0.15) is 6.26 Å². The fraction of sp³-hybridized carbons (Fsp3) is 0.455. The molecular formula is C22H26N2O4. The molecule has 1 aromatic heterocycles. The molecule has 148 valence electrons. The predicted molar refractivity (Wildman–Crippen MR) is 104 cm³/mol. The fourth-order valence-corrected chi connectivity index (χ4v) is 3.98. The lowest BCUT2D eigenvalue weighted by molar-refractivity contribution is -0.132. The molecule has 0 N–H and O–H groups in total. The van der Waals surface area contributed by atoms with E-state index in [0.717, 1.165) is 32.4 Å². The Hall–Kier alpha value is -2.60. The van der Waals surface area contributed by atoms with Gasteiger partial charge >= 0.3 is 0 Å². The maximum absolute atomic E-state index is 12.8.